The van der Waals surface area contributed by atoms with Crippen molar-refractivity contribution in [3.63, 3.8) is 0 Å². The minimum absolute atomic E-state index is 0.0561. The van der Waals surface area contributed by atoms with E-state index in [1.807, 2.05) is 30.3 Å². The minimum Gasteiger partial charge on any atom is -0.872 e. The molecule has 0 aliphatic heterocycles. The van der Waals surface area contributed by atoms with Crippen LogP contribution in [0.15, 0.2) is 66.9 Å². The Labute approximate surface area is 309 Å². The molecule has 52 heavy (non-hydrogen) atoms. The predicted molar refractivity (Wildman–Crippen MR) is 203 cm³/mol. The van der Waals surface area contributed by atoms with Crippen molar-refractivity contribution in [3.8, 4) is 17.0 Å². The molecule has 1 saturated carbocycles. The highest BCUT2D eigenvalue weighted by Crippen LogP contribution is 2.46. The van der Waals surface area contributed by atoms with Crippen molar-refractivity contribution in [3.05, 3.63) is 78.1 Å². The molecule has 0 radical (unpaired) electrons. The molecule has 1 aromatic carbocycles. The molecule has 0 bridgehead atoms. The summed E-state index contributed by atoms with van der Waals surface area (Å²) >= 11 is 0. The lowest BCUT2D eigenvalue weighted by Gasteiger charge is -2.32. The van der Waals surface area contributed by atoms with Gasteiger partial charge in [-0.25, -0.2) is 4.98 Å². The zero-order chi connectivity index (χ0) is 37.1. The third kappa shape index (κ3) is 11.2. The average Bonchev–Trinajstić information content (AvgIpc) is 3.70. The Bertz CT molecular complexity index is 1590. The first-order chi connectivity index (χ1) is 25.0. The Morgan fingerprint density at radius 1 is 1.02 bits per heavy atom. The second kappa shape index (κ2) is 18.9. The summed E-state index contributed by atoms with van der Waals surface area (Å²) in [4.78, 5) is 19.9. The van der Waals surface area contributed by atoms with Crippen LogP contribution in [-0.2, 0) is 17.6 Å². The number of allylic oxidation sites excluding steroid dienone is 1. The summed E-state index contributed by atoms with van der Waals surface area (Å²) in [6.07, 6.45) is 17.2. The summed E-state index contributed by atoms with van der Waals surface area (Å²) in [5.74, 6) is -0.803. The second-order valence-corrected chi connectivity index (χ2v) is 15.8. The van der Waals surface area contributed by atoms with Crippen molar-refractivity contribution in [1.29, 1.82) is 0 Å². The van der Waals surface area contributed by atoms with Gasteiger partial charge in [0.1, 0.15) is 5.82 Å². The van der Waals surface area contributed by atoms with Gasteiger partial charge < -0.3 is 36.3 Å². The minimum atomic E-state index is -1.09. The third-order valence-electron chi connectivity index (χ3n) is 11.8. The molecule has 0 spiro atoms. The van der Waals surface area contributed by atoms with Crippen molar-refractivity contribution in [2.24, 2.45) is 29.6 Å². The number of anilines is 1. The maximum Gasteiger partial charge on any atom is 0.309 e. The van der Waals surface area contributed by atoms with Crippen LogP contribution < -0.4 is 10.8 Å². The van der Waals surface area contributed by atoms with Gasteiger partial charge in [0, 0.05) is 23.5 Å². The number of aliphatic hydroxyl groups is 3. The number of carboxylic acids is 1. The number of aliphatic carboxylic acids is 1. The van der Waals surface area contributed by atoms with E-state index < -0.39 is 23.6 Å². The van der Waals surface area contributed by atoms with Crippen molar-refractivity contribution in [2.75, 3.05) is 5.73 Å². The van der Waals surface area contributed by atoms with E-state index in [-0.39, 0.29) is 36.0 Å². The highest BCUT2D eigenvalue weighted by atomic mass is 16.4. The molecule has 3 aromatic rings. The summed E-state index contributed by atoms with van der Waals surface area (Å²) in [6.45, 7) is 2.20. The molecule has 1 fully saturated rings. The summed E-state index contributed by atoms with van der Waals surface area (Å²) in [7, 11) is 0. The van der Waals surface area contributed by atoms with Gasteiger partial charge in [-0.1, -0.05) is 81.9 Å². The molecule has 5 rings (SSSR count). The molecular formula is C43H60N3O6-. The number of nitrogens with zero attached hydrogens (tertiary/aromatic N) is 1. The van der Waals surface area contributed by atoms with Crippen LogP contribution in [0.4, 0.5) is 5.82 Å². The molecular weight excluding hydrogens is 654 g/mol. The van der Waals surface area contributed by atoms with E-state index in [1.165, 1.54) is 25.3 Å². The number of unbranched alkanes of at least 4 members (excludes halogenated alkanes) is 4. The lowest BCUT2D eigenvalue weighted by Crippen LogP contribution is -2.37. The molecule has 7 N–H and O–H groups in total. The first-order valence-electron chi connectivity index (χ1n) is 19.7. The number of benzene rings is 1. The van der Waals surface area contributed by atoms with E-state index in [1.54, 1.807) is 18.3 Å². The highest BCUT2D eigenvalue weighted by Gasteiger charge is 2.46. The van der Waals surface area contributed by atoms with Crippen molar-refractivity contribution < 1.29 is 30.3 Å². The number of hydrogen-bond donors (Lipinski definition) is 6. The normalized spacial score (nSPS) is 25.7. The number of carbonyl (C=O) groups is 1. The topological polar surface area (TPSA) is 176 Å². The molecule has 2 heterocycles. The van der Waals surface area contributed by atoms with Gasteiger partial charge in [-0.15, -0.1) is 5.75 Å². The number of aromatic amines is 1. The van der Waals surface area contributed by atoms with Gasteiger partial charge in [0.2, 0.25) is 0 Å². The number of aromatic nitrogens is 2. The second-order valence-electron chi connectivity index (χ2n) is 15.8. The van der Waals surface area contributed by atoms with Crippen molar-refractivity contribution in [2.45, 2.75) is 127 Å². The first kappa shape index (κ1) is 39.5. The molecule has 2 aromatic heterocycles. The van der Waals surface area contributed by atoms with Crippen LogP contribution in [0, 0.1) is 29.6 Å². The predicted octanol–water partition coefficient (Wildman–Crippen LogP) is 7.20. The van der Waals surface area contributed by atoms with Gasteiger partial charge in [0.25, 0.3) is 0 Å². The van der Waals surface area contributed by atoms with Crippen molar-refractivity contribution >= 4 is 11.8 Å². The largest absolute Gasteiger partial charge is 0.872 e. The molecule has 8 atom stereocenters. The number of nitrogen functional groups attached to an aromatic ring is 1. The van der Waals surface area contributed by atoms with E-state index in [0.717, 1.165) is 67.5 Å². The fourth-order valence-corrected chi connectivity index (χ4v) is 8.87. The first-order valence-corrected chi connectivity index (χ1v) is 19.7. The Morgan fingerprint density at radius 3 is 2.60 bits per heavy atom. The van der Waals surface area contributed by atoms with Crippen LogP contribution in [0.2, 0.25) is 0 Å². The monoisotopic (exact) mass is 714 g/mol. The lowest BCUT2D eigenvalue weighted by molar-refractivity contribution is -0.268. The molecule has 2 aliphatic rings. The molecule has 2 aliphatic carbocycles. The number of nitrogens with one attached hydrogen (secondary N) is 1. The lowest BCUT2D eigenvalue weighted by atomic mass is 9.80. The van der Waals surface area contributed by atoms with Crippen LogP contribution in [0.3, 0.4) is 0 Å². The molecule has 0 saturated heterocycles. The standard InChI is InChI=1S/C43H61N3O6/c1-2-3-5-9-29-14-15-32(40(49)24-29)10-6-4-7-13-37(42(50)51)39(48)18-20-43(52)28-31(22-30-19-21-45-41(44)25-30)23-34(43)27-35-16-17-38(46-35)33-11-8-12-36(47)26-33/h8,11-12,14-17,19,21,25-26,29,31-32,34,37,39-40,46-49,52H,2-7,9-10,13,18,20,22-24,27-28H2,1H3,(H2,44,45)(H,50,51)/p-1/t29-,31-,32-,34+,37+,39-,40-,43+/m1/s1. The summed E-state index contributed by atoms with van der Waals surface area (Å²) in [6, 6.07) is 14.5. The Kier molecular flexibility index (Phi) is 14.4. The summed E-state index contributed by atoms with van der Waals surface area (Å²) in [5, 5.41) is 56.2. The Balaban J connectivity index is 1.15. The fraction of sp³-hybridized carbons (Fsp3) is 0.581. The molecule has 9 nitrogen and oxygen atoms in total. The number of H-pyrrole nitrogens is 1. The third-order valence-corrected chi connectivity index (χ3v) is 11.8. The maximum absolute atomic E-state index is 12.3. The van der Waals surface area contributed by atoms with Crippen LogP contribution >= 0.6 is 0 Å². The van der Waals surface area contributed by atoms with E-state index >= 15 is 0 Å². The summed E-state index contributed by atoms with van der Waals surface area (Å²) in [5.41, 5.74) is 8.53. The number of carboxylic acid groups (broad SMARTS) is 1. The van der Waals surface area contributed by atoms with Crippen LogP contribution in [0.1, 0.15) is 108 Å². The molecule has 284 valence electrons. The fourth-order valence-electron chi connectivity index (χ4n) is 8.87. The van der Waals surface area contributed by atoms with Crippen LogP contribution in [0.5, 0.6) is 5.75 Å². The molecule has 0 amide bonds. The number of rotatable bonds is 20. The van der Waals surface area contributed by atoms with E-state index in [2.05, 4.69) is 29.0 Å². The van der Waals surface area contributed by atoms with Gasteiger partial charge in [0.15, 0.2) is 0 Å². The van der Waals surface area contributed by atoms with Crippen LogP contribution in [0.25, 0.3) is 11.3 Å². The zero-order valence-corrected chi connectivity index (χ0v) is 30.8. The Morgan fingerprint density at radius 2 is 1.85 bits per heavy atom. The Hall–Kier alpha value is -3.66. The van der Waals surface area contributed by atoms with E-state index in [4.69, 9.17) is 5.73 Å². The van der Waals surface area contributed by atoms with Gasteiger partial charge in [0.05, 0.1) is 23.7 Å². The smallest absolute Gasteiger partial charge is 0.309 e. The molecule has 9 heteroatoms. The number of pyridine rings is 1. The van der Waals surface area contributed by atoms with Crippen LogP contribution in [-0.4, -0.2) is 54.2 Å². The maximum atomic E-state index is 12.3. The SMILES string of the molecule is CCCCC[C@@H]1C=C[C@@H](CCCCC[C@H](C(=O)O)[C@H](O)CC[C@]2(O)C[C@H](Cc3ccnc(N)c3)C[C@H]2Cc2ccc(-c3cccc([O-])c3)[nH]2)[C@H](O)C1. The van der Waals surface area contributed by atoms with Gasteiger partial charge in [-0.05, 0) is 117 Å². The van der Waals surface area contributed by atoms with E-state index in [9.17, 15) is 30.3 Å². The van der Waals surface area contributed by atoms with Crippen molar-refractivity contribution in [1.82, 2.24) is 9.97 Å². The quantitative estimate of drug-likeness (QED) is 0.0526. The molecule has 0 unspecified atom stereocenters. The average molecular weight is 715 g/mol. The summed E-state index contributed by atoms with van der Waals surface area (Å²) < 4.78 is 0. The number of hydrogen-bond acceptors (Lipinski definition) is 7. The van der Waals surface area contributed by atoms with Gasteiger partial charge >= 0.3 is 5.97 Å². The van der Waals surface area contributed by atoms with E-state index in [0.29, 0.717) is 43.8 Å². The van der Waals surface area contributed by atoms with Gasteiger partial charge in [-0.3, -0.25) is 4.79 Å². The number of aliphatic hydroxyl groups excluding tert-OH is 2. The zero-order valence-electron chi connectivity index (χ0n) is 30.8. The highest BCUT2D eigenvalue weighted by molar-refractivity contribution is 5.70. The number of nitrogens with two attached hydrogens (primary N) is 1. The van der Waals surface area contributed by atoms with Gasteiger partial charge in [-0.2, -0.15) is 0 Å².